The summed E-state index contributed by atoms with van der Waals surface area (Å²) in [6.45, 7) is 17.0. The van der Waals surface area contributed by atoms with Gasteiger partial charge in [0.1, 0.15) is 35.8 Å². The minimum absolute atomic E-state index is 0.0325. The van der Waals surface area contributed by atoms with Crippen LogP contribution < -0.4 is 21.4 Å². The highest BCUT2D eigenvalue weighted by molar-refractivity contribution is 5.93. The Morgan fingerprint density at radius 3 is 2.26 bits per heavy atom. The fraction of sp³-hybridized carbons (Fsp3) is 0.667. The van der Waals surface area contributed by atoms with E-state index in [-0.39, 0.29) is 79.9 Å². The zero-order valence-electron chi connectivity index (χ0n) is 47.7. The number of Topliss-reactive ketones (excluding diaryl/α,β-unsaturated/α-hetero) is 1. The maximum atomic E-state index is 14.5. The van der Waals surface area contributed by atoms with E-state index in [4.69, 9.17) is 9.84 Å². The van der Waals surface area contributed by atoms with Crippen LogP contribution in [0.3, 0.4) is 0 Å². The third-order valence-corrected chi connectivity index (χ3v) is 15.4. The number of benzene rings is 1. The predicted molar refractivity (Wildman–Crippen MR) is 298 cm³/mol. The van der Waals surface area contributed by atoms with Crippen molar-refractivity contribution in [1.29, 1.82) is 0 Å². The molecule has 17 nitrogen and oxygen atoms in total. The highest BCUT2D eigenvalue weighted by Crippen LogP contribution is 2.27. The molecule has 17 heteroatoms. The molecule has 9 N–H and O–H groups in total. The molecule has 1 aromatic carbocycles. The molecule has 2 fully saturated rings. The first-order valence-electron chi connectivity index (χ1n) is 28.2. The quantitative estimate of drug-likeness (QED) is 0.0427. The highest BCUT2D eigenvalue weighted by atomic mass is 16.5. The van der Waals surface area contributed by atoms with Crippen LogP contribution in [0.5, 0.6) is 5.75 Å². The summed E-state index contributed by atoms with van der Waals surface area (Å²) in [5.41, 5.74) is 5.45. The number of amides is 4. The predicted octanol–water partition coefficient (Wildman–Crippen LogP) is 6.61. The van der Waals surface area contributed by atoms with Crippen LogP contribution in [-0.4, -0.2) is 128 Å². The van der Waals surface area contributed by atoms with Gasteiger partial charge in [0, 0.05) is 44.9 Å². The van der Waals surface area contributed by atoms with Crippen molar-refractivity contribution >= 4 is 35.4 Å². The first kappa shape index (κ1) is 66.1. The Hall–Kier alpha value is -5.20. The number of fused-ring (bicyclic) bond motifs is 2. The monoisotopic (exact) mass is 1080 g/mol. The molecule has 0 aromatic heterocycles. The number of nitrogens with zero attached hydrogens (tertiary/aromatic N) is 1. The van der Waals surface area contributed by atoms with Gasteiger partial charge < -0.3 is 51.0 Å². The number of esters is 1. The van der Waals surface area contributed by atoms with Crippen LogP contribution in [0.15, 0.2) is 71.9 Å². The van der Waals surface area contributed by atoms with Crippen molar-refractivity contribution in [3.8, 4) is 5.75 Å². The van der Waals surface area contributed by atoms with Crippen LogP contribution in [-0.2, 0) is 39.9 Å². The molecule has 77 heavy (non-hydrogen) atoms. The van der Waals surface area contributed by atoms with E-state index in [9.17, 15) is 49.2 Å². The van der Waals surface area contributed by atoms with Crippen LogP contribution in [0.2, 0.25) is 0 Å². The van der Waals surface area contributed by atoms with E-state index in [1.807, 2.05) is 38.2 Å². The van der Waals surface area contributed by atoms with Crippen LogP contribution in [0, 0.1) is 35.5 Å². The molecule has 2 bridgehead atoms. The molecule has 0 saturated carbocycles. The average Bonchev–Trinajstić information content (AvgIpc) is 3.39. The molecule has 0 spiro atoms. The third kappa shape index (κ3) is 22.2. The fourth-order valence-corrected chi connectivity index (χ4v) is 10.2. The van der Waals surface area contributed by atoms with E-state index in [0.717, 1.165) is 39.2 Å². The van der Waals surface area contributed by atoms with Crippen LogP contribution in [0.25, 0.3) is 0 Å². The number of ether oxygens (including phenoxy) is 1. The van der Waals surface area contributed by atoms with Crippen molar-refractivity contribution in [3.63, 3.8) is 0 Å². The maximum Gasteiger partial charge on any atom is 0.325 e. The van der Waals surface area contributed by atoms with Gasteiger partial charge in [-0.2, -0.15) is 0 Å². The Morgan fingerprint density at radius 2 is 1.60 bits per heavy atom. The number of aliphatic hydroxyl groups excluding tert-OH is 4. The van der Waals surface area contributed by atoms with Gasteiger partial charge in [-0.15, -0.1) is 0 Å². The Bertz CT molecular complexity index is 2180. The number of aromatic hydroxyl groups is 1. The number of phenolic OH excluding ortho intramolecular Hbond substituents is 1. The van der Waals surface area contributed by atoms with E-state index in [1.165, 1.54) is 29.6 Å². The van der Waals surface area contributed by atoms with E-state index in [0.29, 0.717) is 43.2 Å². The minimum Gasteiger partial charge on any atom is -0.508 e. The smallest absolute Gasteiger partial charge is 0.325 e. The number of phenols is 1. The molecular formula is C60H95N5O12. The molecule has 3 heterocycles. The Kier molecular flexibility index (Phi) is 29.1. The molecular weight excluding hydrogens is 983 g/mol. The number of allylic oxidation sites excluding steroid dienone is 5. The topological polar surface area (TPSA) is 264 Å². The highest BCUT2D eigenvalue weighted by Gasteiger charge is 2.38. The number of carbonyl (C=O) groups is 6. The number of hydrogen-bond acceptors (Lipinski definition) is 13. The minimum atomic E-state index is -1.21. The van der Waals surface area contributed by atoms with Crippen molar-refractivity contribution in [2.45, 2.75) is 207 Å². The van der Waals surface area contributed by atoms with Gasteiger partial charge in [0.15, 0.2) is 0 Å². The molecule has 4 amide bonds. The van der Waals surface area contributed by atoms with Gasteiger partial charge in [0.05, 0.1) is 24.2 Å². The average molecular weight is 1080 g/mol. The van der Waals surface area contributed by atoms with Gasteiger partial charge >= 0.3 is 5.97 Å². The summed E-state index contributed by atoms with van der Waals surface area (Å²) in [5.74, 6) is -4.01. The number of ketones is 1. The summed E-state index contributed by atoms with van der Waals surface area (Å²) in [6.07, 6.45) is 15.2. The molecule has 0 radical (unpaired) electrons. The Balaban J connectivity index is 0.00000771. The van der Waals surface area contributed by atoms with E-state index < -0.39 is 84.0 Å². The molecule has 12 unspecified atom stereocenters. The lowest BCUT2D eigenvalue weighted by molar-refractivity contribution is -0.157. The van der Waals surface area contributed by atoms with Crippen molar-refractivity contribution < 1.29 is 59.0 Å². The SMILES string of the molecule is CCC1CCC(/C(C)=C\C(C)CCC(O)C(C)CC/C=C/C=C(\C)[C@@H]2CC(O)C/C=C/CC(C)C(O)C(CCC(C)=O)C(=O)NC(C(C)C)C(=O)NC(Cc3cccc(O)c3)C(=O)N3CCCC(N3)C(=O)O2)NC1=O.CO. The summed E-state index contributed by atoms with van der Waals surface area (Å²) in [7, 11) is 1.00. The first-order valence-corrected chi connectivity index (χ1v) is 28.2. The van der Waals surface area contributed by atoms with E-state index in [2.05, 4.69) is 48.2 Å². The Morgan fingerprint density at radius 1 is 0.883 bits per heavy atom. The van der Waals surface area contributed by atoms with Gasteiger partial charge in [-0.3, -0.25) is 29.0 Å². The summed E-state index contributed by atoms with van der Waals surface area (Å²) in [6, 6.07) is 3.10. The second-order valence-corrected chi connectivity index (χ2v) is 22.2. The molecule has 1 aromatic rings. The molecule has 3 aliphatic heterocycles. The fourth-order valence-electron chi connectivity index (χ4n) is 10.2. The van der Waals surface area contributed by atoms with Crippen LogP contribution in [0.1, 0.15) is 158 Å². The number of aliphatic hydroxyl groups is 4. The first-order chi connectivity index (χ1) is 36.6. The van der Waals surface area contributed by atoms with Gasteiger partial charge in [-0.1, -0.05) is 95.7 Å². The van der Waals surface area contributed by atoms with Gasteiger partial charge in [-0.05, 0) is 145 Å². The van der Waals surface area contributed by atoms with E-state index >= 15 is 0 Å². The van der Waals surface area contributed by atoms with E-state index in [1.54, 1.807) is 39.0 Å². The number of cyclic esters (lactones) is 1. The van der Waals surface area contributed by atoms with Crippen LogP contribution in [0.4, 0.5) is 0 Å². The summed E-state index contributed by atoms with van der Waals surface area (Å²) in [5, 5.41) is 61.5. The second kappa shape index (κ2) is 33.9. The molecule has 2 saturated heterocycles. The van der Waals surface area contributed by atoms with Crippen molar-refractivity contribution in [3.05, 3.63) is 77.4 Å². The lowest BCUT2D eigenvalue weighted by Crippen LogP contribution is -2.62. The summed E-state index contributed by atoms with van der Waals surface area (Å²) in [4.78, 5) is 81.4. The Labute approximate surface area is 458 Å². The molecule has 13 atom stereocenters. The van der Waals surface area contributed by atoms with Gasteiger partial charge in [-0.25, -0.2) is 5.43 Å². The molecule has 432 valence electrons. The molecule has 4 rings (SSSR count). The third-order valence-electron chi connectivity index (χ3n) is 15.4. The zero-order chi connectivity index (χ0) is 57.4. The normalized spacial score (nSPS) is 28.6. The number of piperidine rings is 1. The van der Waals surface area contributed by atoms with Crippen molar-refractivity contribution in [2.75, 3.05) is 13.7 Å². The number of rotatable bonds is 18. The lowest BCUT2D eigenvalue weighted by atomic mass is 9.85. The standard InChI is InChI=1S/C59H91N5O11.CH4O/c1-10-44-27-29-48(60-55(44)70)41(8)32-37(4)25-30-51(68)38(5)18-12-11-13-19-39(6)52-35-46(67)22-15-14-20-40(7)54(69)47(28-26-42(9)65)56(71)62-53(36(2)3)57(72)61-50(34-43-21-16-23-45(66)33-43)58(73)64-31-17-24-49(63-64)59(74)75-52;1-2/h11,13-16,19,21,23,32-33,36-38,40,44,46-54,63,66-69H,10,12,17-18,20,22,24-31,34-35H2,1-9H3,(H,60,70)(H,61,72)(H,62,71);2H,1H3/b13-11+,15-14+,39-19+,41-32-;/t37?,38?,40?,44?,46?,47?,48?,49?,50?,51?,52-,53?,54?;/m0./s1. The summed E-state index contributed by atoms with van der Waals surface area (Å²) < 4.78 is 6.17. The van der Waals surface area contributed by atoms with Gasteiger partial charge in [0.25, 0.3) is 5.91 Å². The van der Waals surface area contributed by atoms with Gasteiger partial charge in [0.2, 0.25) is 17.7 Å². The maximum absolute atomic E-state index is 14.5. The largest absolute Gasteiger partial charge is 0.508 e. The summed E-state index contributed by atoms with van der Waals surface area (Å²) >= 11 is 0. The number of nitrogens with one attached hydrogen (secondary N) is 4. The lowest BCUT2D eigenvalue weighted by Gasteiger charge is -2.36. The molecule has 3 aliphatic rings. The zero-order valence-corrected chi connectivity index (χ0v) is 47.7. The number of hydrazine groups is 1. The van der Waals surface area contributed by atoms with Crippen LogP contribution >= 0.6 is 0 Å². The molecule has 0 aliphatic carbocycles. The van der Waals surface area contributed by atoms with Crippen molar-refractivity contribution in [1.82, 2.24) is 26.4 Å². The number of carbonyl (C=O) groups excluding carboxylic acids is 6. The van der Waals surface area contributed by atoms with Crippen molar-refractivity contribution in [2.24, 2.45) is 35.5 Å². The second-order valence-electron chi connectivity index (χ2n) is 22.2. The number of hydrogen-bond donors (Lipinski definition) is 9.